The van der Waals surface area contributed by atoms with Crippen LogP contribution in [0.3, 0.4) is 0 Å². The average molecular weight is 275 g/mol. The van der Waals surface area contributed by atoms with Gasteiger partial charge >= 0.3 is 0 Å². The molecule has 0 radical (unpaired) electrons. The first kappa shape index (κ1) is 15.0. The van der Waals surface area contributed by atoms with Crippen molar-refractivity contribution < 1.29 is 4.79 Å². The number of benzene rings is 1. The predicted octanol–water partition coefficient (Wildman–Crippen LogP) is 1.68. The number of carbonyl (C=O) groups is 1. The number of rotatable bonds is 5. The molecule has 1 aliphatic heterocycles. The Morgan fingerprint density at radius 1 is 1.45 bits per heavy atom. The Balaban J connectivity index is 2.24. The summed E-state index contributed by atoms with van der Waals surface area (Å²) in [5.41, 5.74) is 2.72. The minimum Gasteiger partial charge on any atom is -0.358 e. The van der Waals surface area contributed by atoms with Crippen LogP contribution in [-0.4, -0.2) is 37.5 Å². The first-order chi connectivity index (χ1) is 9.76. The molecule has 20 heavy (non-hydrogen) atoms. The van der Waals surface area contributed by atoms with Gasteiger partial charge in [0.05, 0.1) is 6.54 Å². The monoisotopic (exact) mass is 275 g/mol. The van der Waals surface area contributed by atoms with Crippen LogP contribution in [0, 0.1) is 0 Å². The number of carbonyl (C=O) groups excluding carboxylic acids is 1. The van der Waals surface area contributed by atoms with E-state index in [0.717, 1.165) is 32.5 Å². The van der Waals surface area contributed by atoms with E-state index in [4.69, 9.17) is 0 Å². The van der Waals surface area contributed by atoms with Crippen molar-refractivity contribution in [2.45, 2.75) is 32.4 Å². The summed E-state index contributed by atoms with van der Waals surface area (Å²) in [6.45, 7) is 5.51. The maximum absolute atomic E-state index is 11.8. The van der Waals surface area contributed by atoms with E-state index in [-0.39, 0.29) is 5.91 Å². The van der Waals surface area contributed by atoms with Gasteiger partial charge in [-0.1, -0.05) is 31.2 Å². The molecule has 110 valence electrons. The molecule has 0 aliphatic carbocycles. The number of nitrogens with zero attached hydrogens (tertiary/aromatic N) is 1. The summed E-state index contributed by atoms with van der Waals surface area (Å²) in [7, 11) is 1.70. The van der Waals surface area contributed by atoms with E-state index in [1.807, 2.05) is 0 Å². The minimum atomic E-state index is 0.0909. The van der Waals surface area contributed by atoms with Gasteiger partial charge in [0.25, 0.3) is 0 Å². The SMILES string of the molecule is CCCN(CC(=O)NC)C1CCNCc2ccccc21. The lowest BCUT2D eigenvalue weighted by atomic mass is 9.97. The summed E-state index contributed by atoms with van der Waals surface area (Å²) < 4.78 is 0. The molecule has 0 bridgehead atoms. The highest BCUT2D eigenvalue weighted by molar-refractivity contribution is 5.77. The Labute approximate surface area is 121 Å². The molecule has 1 atom stereocenters. The molecule has 1 amide bonds. The fourth-order valence-electron chi connectivity index (χ4n) is 2.91. The van der Waals surface area contributed by atoms with Gasteiger partial charge < -0.3 is 10.6 Å². The number of amides is 1. The van der Waals surface area contributed by atoms with Crippen LogP contribution in [0.2, 0.25) is 0 Å². The lowest BCUT2D eigenvalue weighted by Gasteiger charge is -2.31. The van der Waals surface area contributed by atoms with Crippen LogP contribution in [0.25, 0.3) is 0 Å². The normalized spacial score (nSPS) is 18.4. The summed E-state index contributed by atoms with van der Waals surface area (Å²) >= 11 is 0. The van der Waals surface area contributed by atoms with Gasteiger partial charge in [0.2, 0.25) is 5.91 Å². The lowest BCUT2D eigenvalue weighted by Crippen LogP contribution is -2.39. The topological polar surface area (TPSA) is 44.4 Å². The van der Waals surface area contributed by atoms with Gasteiger partial charge in [-0.3, -0.25) is 9.69 Å². The lowest BCUT2D eigenvalue weighted by molar-refractivity contribution is -0.122. The van der Waals surface area contributed by atoms with Crippen molar-refractivity contribution in [2.24, 2.45) is 0 Å². The number of likely N-dealkylation sites (N-methyl/N-ethyl adjacent to an activating group) is 1. The standard InChI is InChI=1S/C16H25N3O/c1-3-10-19(12-16(20)17-2)15-8-9-18-11-13-6-4-5-7-14(13)15/h4-7,15,18H,3,8-12H2,1-2H3,(H,17,20). The Bertz CT molecular complexity index is 447. The van der Waals surface area contributed by atoms with E-state index in [9.17, 15) is 4.79 Å². The van der Waals surface area contributed by atoms with Crippen LogP contribution in [0.4, 0.5) is 0 Å². The van der Waals surface area contributed by atoms with E-state index >= 15 is 0 Å². The van der Waals surface area contributed by atoms with Crippen LogP contribution < -0.4 is 10.6 Å². The summed E-state index contributed by atoms with van der Waals surface area (Å²) in [4.78, 5) is 14.1. The molecular formula is C16H25N3O. The molecule has 0 aromatic heterocycles. The maximum Gasteiger partial charge on any atom is 0.233 e. The molecule has 0 fully saturated rings. The third kappa shape index (κ3) is 3.58. The number of hydrogen-bond acceptors (Lipinski definition) is 3. The van der Waals surface area contributed by atoms with Crippen LogP contribution in [0.5, 0.6) is 0 Å². The minimum absolute atomic E-state index is 0.0909. The maximum atomic E-state index is 11.8. The van der Waals surface area contributed by atoms with Crippen molar-refractivity contribution in [3.05, 3.63) is 35.4 Å². The Kier molecular flexibility index (Phi) is 5.56. The van der Waals surface area contributed by atoms with Gasteiger partial charge in [-0.2, -0.15) is 0 Å². The van der Waals surface area contributed by atoms with Crippen LogP contribution >= 0.6 is 0 Å². The van der Waals surface area contributed by atoms with E-state index < -0.39 is 0 Å². The number of hydrogen-bond donors (Lipinski definition) is 2. The average Bonchev–Trinajstić information content (AvgIpc) is 2.69. The Hall–Kier alpha value is -1.39. The van der Waals surface area contributed by atoms with Crippen molar-refractivity contribution in [1.29, 1.82) is 0 Å². The first-order valence-electron chi connectivity index (χ1n) is 7.49. The van der Waals surface area contributed by atoms with E-state index in [1.54, 1.807) is 7.05 Å². The third-order valence-corrected chi connectivity index (χ3v) is 3.90. The molecule has 0 saturated heterocycles. The van der Waals surface area contributed by atoms with E-state index in [0.29, 0.717) is 12.6 Å². The fraction of sp³-hybridized carbons (Fsp3) is 0.562. The third-order valence-electron chi connectivity index (χ3n) is 3.90. The molecule has 4 heteroatoms. The molecule has 1 aromatic carbocycles. The molecule has 1 heterocycles. The second-order valence-electron chi connectivity index (χ2n) is 5.32. The molecule has 2 N–H and O–H groups in total. The van der Waals surface area contributed by atoms with Gasteiger partial charge in [-0.15, -0.1) is 0 Å². The molecule has 1 aromatic rings. The molecule has 0 spiro atoms. The zero-order valence-corrected chi connectivity index (χ0v) is 12.5. The smallest absolute Gasteiger partial charge is 0.233 e. The van der Waals surface area contributed by atoms with Crippen LogP contribution in [0.1, 0.15) is 36.9 Å². The Morgan fingerprint density at radius 2 is 2.25 bits per heavy atom. The van der Waals surface area contributed by atoms with E-state index in [1.165, 1.54) is 11.1 Å². The highest BCUT2D eigenvalue weighted by Crippen LogP contribution is 2.29. The summed E-state index contributed by atoms with van der Waals surface area (Å²) in [5.74, 6) is 0.0909. The van der Waals surface area contributed by atoms with Crippen molar-refractivity contribution in [3.8, 4) is 0 Å². The van der Waals surface area contributed by atoms with Gasteiger partial charge in [0.1, 0.15) is 0 Å². The van der Waals surface area contributed by atoms with Gasteiger partial charge in [-0.25, -0.2) is 0 Å². The molecule has 1 unspecified atom stereocenters. The van der Waals surface area contributed by atoms with Crippen molar-refractivity contribution in [2.75, 3.05) is 26.7 Å². The second-order valence-corrected chi connectivity index (χ2v) is 5.32. The molecular weight excluding hydrogens is 250 g/mol. The quantitative estimate of drug-likeness (QED) is 0.859. The van der Waals surface area contributed by atoms with E-state index in [2.05, 4.69) is 46.7 Å². The summed E-state index contributed by atoms with van der Waals surface area (Å²) in [5, 5.41) is 6.21. The molecule has 1 aliphatic rings. The second kappa shape index (κ2) is 7.41. The Morgan fingerprint density at radius 3 is 3.00 bits per heavy atom. The number of nitrogens with one attached hydrogen (secondary N) is 2. The van der Waals surface area contributed by atoms with Crippen LogP contribution in [-0.2, 0) is 11.3 Å². The summed E-state index contributed by atoms with van der Waals surface area (Å²) in [6, 6.07) is 8.91. The first-order valence-corrected chi connectivity index (χ1v) is 7.49. The molecule has 2 rings (SSSR count). The predicted molar refractivity (Wildman–Crippen MR) is 81.4 cm³/mol. The highest BCUT2D eigenvalue weighted by atomic mass is 16.1. The zero-order valence-electron chi connectivity index (χ0n) is 12.5. The fourth-order valence-corrected chi connectivity index (χ4v) is 2.91. The van der Waals surface area contributed by atoms with Crippen LogP contribution in [0.15, 0.2) is 24.3 Å². The zero-order chi connectivity index (χ0) is 14.4. The largest absolute Gasteiger partial charge is 0.358 e. The number of fused-ring (bicyclic) bond motifs is 1. The molecule has 0 saturated carbocycles. The molecule has 4 nitrogen and oxygen atoms in total. The van der Waals surface area contributed by atoms with Crippen molar-refractivity contribution in [3.63, 3.8) is 0 Å². The highest BCUT2D eigenvalue weighted by Gasteiger charge is 2.25. The van der Waals surface area contributed by atoms with Crippen molar-refractivity contribution in [1.82, 2.24) is 15.5 Å². The van der Waals surface area contributed by atoms with Gasteiger partial charge in [0.15, 0.2) is 0 Å². The summed E-state index contributed by atoms with van der Waals surface area (Å²) in [6.07, 6.45) is 2.11. The van der Waals surface area contributed by atoms with Gasteiger partial charge in [-0.05, 0) is 37.1 Å². The van der Waals surface area contributed by atoms with Crippen molar-refractivity contribution >= 4 is 5.91 Å². The van der Waals surface area contributed by atoms with Gasteiger partial charge in [0, 0.05) is 19.6 Å².